The van der Waals surface area contributed by atoms with Gasteiger partial charge >= 0.3 is 26.2 Å². The molecule has 0 N–H and O–H groups in total. The Labute approximate surface area is 84.1 Å². The van der Waals surface area contributed by atoms with Gasteiger partial charge in [-0.15, -0.1) is 13.1 Å². The molecule has 0 unspecified atom stereocenters. The smallest absolute Gasteiger partial charge is 0.662 e. The Hall–Kier alpha value is 0.843. The average molecular weight is 219 g/mol. The second-order valence-electron chi connectivity index (χ2n) is 2.38. The summed E-state index contributed by atoms with van der Waals surface area (Å²) in [6.07, 6.45) is 5.08. The normalized spacial score (nSPS) is 9.00. The van der Waals surface area contributed by atoms with Gasteiger partial charge in [-0.2, -0.15) is 0 Å². The minimum atomic E-state index is 0. The van der Waals surface area contributed by atoms with Crippen LogP contribution in [0.15, 0.2) is 0 Å². The molecule has 1 nitrogen and oxygen atoms in total. The van der Waals surface area contributed by atoms with Gasteiger partial charge in [0.15, 0.2) is 0 Å². The third kappa shape index (κ3) is 11.6. The van der Waals surface area contributed by atoms with Gasteiger partial charge in [-0.05, 0) is 0 Å². The van der Waals surface area contributed by atoms with Gasteiger partial charge in [-0.3, -0.25) is 0 Å². The van der Waals surface area contributed by atoms with E-state index < -0.39 is 0 Å². The first-order valence-electron chi connectivity index (χ1n) is 4.05. The molecule has 0 saturated heterocycles. The molecule has 56 valence electrons. The Kier molecular flexibility index (Phi) is 16.8. The second kappa shape index (κ2) is 12.5. The fourth-order valence-corrected chi connectivity index (χ4v) is 0.652. The van der Waals surface area contributed by atoms with Crippen LogP contribution in [0.25, 0.3) is 5.32 Å². The van der Waals surface area contributed by atoms with Crippen molar-refractivity contribution in [3.8, 4) is 0 Å². The molecular formula is C8H18NZr+3. The van der Waals surface area contributed by atoms with Crippen molar-refractivity contribution in [3.63, 3.8) is 0 Å². The van der Waals surface area contributed by atoms with Crippen LogP contribution >= 0.6 is 0 Å². The molecule has 0 rings (SSSR count). The number of hydrogen-bond acceptors (Lipinski definition) is 0. The van der Waals surface area contributed by atoms with E-state index in [1.165, 1.54) is 25.7 Å². The van der Waals surface area contributed by atoms with Crippen LogP contribution in [0.2, 0.25) is 0 Å². The van der Waals surface area contributed by atoms with E-state index in [4.69, 9.17) is 0 Å². The van der Waals surface area contributed by atoms with Gasteiger partial charge in [0.1, 0.15) is 0 Å². The fraction of sp³-hybridized carbons (Fsp3) is 1.00. The van der Waals surface area contributed by atoms with Gasteiger partial charge in [0, 0.05) is 0 Å². The van der Waals surface area contributed by atoms with E-state index in [1.54, 1.807) is 0 Å². The van der Waals surface area contributed by atoms with Crippen molar-refractivity contribution in [1.29, 1.82) is 0 Å². The van der Waals surface area contributed by atoms with Crippen LogP contribution in [0.4, 0.5) is 0 Å². The largest absolute Gasteiger partial charge is 4.00 e. The maximum atomic E-state index is 4.35. The quantitative estimate of drug-likeness (QED) is 0.610. The molecule has 0 aliphatic rings. The summed E-state index contributed by atoms with van der Waals surface area (Å²) in [5, 5.41) is 4.35. The maximum Gasteiger partial charge on any atom is 4.00 e. The van der Waals surface area contributed by atoms with E-state index >= 15 is 0 Å². The molecular weight excluding hydrogens is 201 g/mol. The summed E-state index contributed by atoms with van der Waals surface area (Å²) in [5.74, 6) is 0. The van der Waals surface area contributed by atoms with Crippen molar-refractivity contribution >= 4 is 0 Å². The predicted molar refractivity (Wildman–Crippen MR) is 42.9 cm³/mol. The molecule has 0 aromatic rings. The van der Waals surface area contributed by atoms with Crippen LogP contribution in [-0.4, -0.2) is 13.1 Å². The molecule has 10 heavy (non-hydrogen) atoms. The molecule has 0 aromatic heterocycles. The Morgan fingerprint density at radius 2 is 1.30 bits per heavy atom. The zero-order valence-corrected chi connectivity index (χ0v) is 9.65. The molecule has 2 heteroatoms. The van der Waals surface area contributed by atoms with Gasteiger partial charge in [-0.25, -0.2) is 0 Å². The number of nitrogens with zero attached hydrogens (tertiary/aromatic N) is 1. The Balaban J connectivity index is 0. The zero-order valence-electron chi connectivity index (χ0n) is 7.19. The van der Waals surface area contributed by atoms with Crippen molar-refractivity contribution < 1.29 is 26.2 Å². The summed E-state index contributed by atoms with van der Waals surface area (Å²) in [4.78, 5) is 0. The van der Waals surface area contributed by atoms with Crippen molar-refractivity contribution in [1.82, 2.24) is 0 Å². The molecule has 0 atom stereocenters. The van der Waals surface area contributed by atoms with E-state index in [0.29, 0.717) is 0 Å². The van der Waals surface area contributed by atoms with Crippen LogP contribution in [0.5, 0.6) is 0 Å². The fourth-order valence-electron chi connectivity index (χ4n) is 0.652. The Morgan fingerprint density at radius 3 is 1.60 bits per heavy atom. The van der Waals surface area contributed by atoms with Gasteiger partial charge < -0.3 is 5.32 Å². The standard InChI is InChI=1S/C8H18N.Zr/c1-3-5-7-9-8-6-4-2;/h3-8H2,1-2H3;/q-1;+4. The van der Waals surface area contributed by atoms with Crippen LogP contribution < -0.4 is 0 Å². The summed E-state index contributed by atoms with van der Waals surface area (Å²) in [7, 11) is 0. The summed E-state index contributed by atoms with van der Waals surface area (Å²) in [5.41, 5.74) is 0. The van der Waals surface area contributed by atoms with Crippen molar-refractivity contribution in [2.45, 2.75) is 39.5 Å². The first-order valence-corrected chi connectivity index (χ1v) is 4.05. The molecule has 0 heterocycles. The zero-order chi connectivity index (χ0) is 6.95. The third-order valence-corrected chi connectivity index (χ3v) is 1.34. The van der Waals surface area contributed by atoms with E-state index in [-0.39, 0.29) is 26.2 Å². The van der Waals surface area contributed by atoms with Gasteiger partial charge in [0.2, 0.25) is 0 Å². The molecule has 0 amide bonds. The average Bonchev–Trinajstić information content (AvgIpc) is 1.89. The van der Waals surface area contributed by atoms with Crippen molar-refractivity contribution in [2.75, 3.05) is 13.1 Å². The Bertz CT molecular complexity index is 42.5. The second-order valence-corrected chi connectivity index (χ2v) is 2.38. The molecule has 0 spiro atoms. The number of hydrogen-bond donors (Lipinski definition) is 0. The molecule has 0 fully saturated rings. The number of unbranched alkanes of at least 4 members (excludes halogenated alkanes) is 2. The first kappa shape index (κ1) is 13.4. The third-order valence-electron chi connectivity index (χ3n) is 1.34. The summed E-state index contributed by atoms with van der Waals surface area (Å²) >= 11 is 0. The topological polar surface area (TPSA) is 14.1 Å². The van der Waals surface area contributed by atoms with Crippen LogP contribution in [0, 0.1) is 0 Å². The van der Waals surface area contributed by atoms with E-state index in [9.17, 15) is 0 Å². The van der Waals surface area contributed by atoms with E-state index in [2.05, 4.69) is 19.2 Å². The van der Waals surface area contributed by atoms with Gasteiger partial charge in [-0.1, -0.05) is 39.5 Å². The monoisotopic (exact) mass is 218 g/mol. The minimum Gasteiger partial charge on any atom is -0.662 e. The summed E-state index contributed by atoms with van der Waals surface area (Å²) in [6.45, 7) is 6.57. The molecule has 0 bridgehead atoms. The van der Waals surface area contributed by atoms with E-state index in [1.807, 2.05) is 0 Å². The van der Waals surface area contributed by atoms with Crippen LogP contribution in [-0.2, 0) is 26.2 Å². The van der Waals surface area contributed by atoms with Crippen molar-refractivity contribution in [3.05, 3.63) is 5.32 Å². The maximum absolute atomic E-state index is 4.35. The summed E-state index contributed by atoms with van der Waals surface area (Å²) in [6, 6.07) is 0. The molecule has 0 radical (unpaired) electrons. The van der Waals surface area contributed by atoms with Crippen molar-refractivity contribution in [2.24, 2.45) is 0 Å². The molecule has 0 aliphatic carbocycles. The minimum absolute atomic E-state index is 0. The van der Waals surface area contributed by atoms with Gasteiger partial charge in [0.05, 0.1) is 0 Å². The first-order chi connectivity index (χ1) is 4.41. The summed E-state index contributed by atoms with van der Waals surface area (Å²) < 4.78 is 0. The number of rotatable bonds is 6. The van der Waals surface area contributed by atoms with E-state index in [0.717, 1.165) is 13.1 Å². The molecule has 0 aliphatic heterocycles. The predicted octanol–water partition coefficient (Wildman–Crippen LogP) is 2.96. The SMILES string of the molecule is CCCC[N-]CCCC.[Zr+4]. The Morgan fingerprint density at radius 1 is 0.900 bits per heavy atom. The van der Waals surface area contributed by atoms with Crippen LogP contribution in [0.3, 0.4) is 0 Å². The molecule has 0 aromatic carbocycles. The van der Waals surface area contributed by atoms with Crippen LogP contribution in [0.1, 0.15) is 39.5 Å². The molecule has 0 saturated carbocycles. The van der Waals surface area contributed by atoms with Gasteiger partial charge in [0.25, 0.3) is 0 Å².